The van der Waals surface area contributed by atoms with Crippen molar-refractivity contribution >= 4 is 23.4 Å². The predicted octanol–water partition coefficient (Wildman–Crippen LogP) is 2.61. The van der Waals surface area contributed by atoms with E-state index in [9.17, 15) is 14.4 Å². The van der Waals surface area contributed by atoms with E-state index >= 15 is 0 Å². The van der Waals surface area contributed by atoms with Crippen LogP contribution in [0.4, 0.5) is 5.69 Å². The first-order valence-corrected chi connectivity index (χ1v) is 11.7. The van der Waals surface area contributed by atoms with Crippen molar-refractivity contribution in [3.63, 3.8) is 0 Å². The Labute approximate surface area is 196 Å². The van der Waals surface area contributed by atoms with Crippen LogP contribution in [0, 0.1) is 0 Å². The van der Waals surface area contributed by atoms with Gasteiger partial charge in [-0.25, -0.2) is 0 Å². The van der Waals surface area contributed by atoms with Gasteiger partial charge in [-0.15, -0.1) is 0 Å². The summed E-state index contributed by atoms with van der Waals surface area (Å²) in [5, 5.41) is 5.65. The van der Waals surface area contributed by atoms with Gasteiger partial charge in [-0.3, -0.25) is 19.3 Å². The maximum atomic E-state index is 12.4. The van der Waals surface area contributed by atoms with Gasteiger partial charge in [0.25, 0.3) is 5.91 Å². The van der Waals surface area contributed by atoms with E-state index in [2.05, 4.69) is 41.5 Å². The average molecular weight is 451 g/mol. The van der Waals surface area contributed by atoms with Gasteiger partial charge in [-0.05, 0) is 55.8 Å². The summed E-state index contributed by atoms with van der Waals surface area (Å²) >= 11 is 0. The van der Waals surface area contributed by atoms with E-state index in [0.29, 0.717) is 25.1 Å². The van der Waals surface area contributed by atoms with Gasteiger partial charge in [0, 0.05) is 36.8 Å². The molecular formula is C26H34N4O3. The van der Waals surface area contributed by atoms with E-state index in [1.165, 1.54) is 5.56 Å². The normalized spacial score (nSPS) is 14.4. The molecule has 0 aromatic heterocycles. The standard InChI is InChI=1S/C26H34N4O3/c1-3-29(4-2)23(17-20-9-6-5-7-10-20)18-27-24(31)19-28-26(33)21-12-14-22(15-13-21)30-16-8-11-25(30)32/h5-7,9-10,12-15,23H,3-4,8,11,16-19H2,1-2H3,(H,27,31)(H,28,33). The first-order valence-electron chi connectivity index (χ1n) is 11.7. The number of rotatable bonds is 11. The molecule has 0 saturated carbocycles. The highest BCUT2D eigenvalue weighted by Gasteiger charge is 2.22. The molecule has 33 heavy (non-hydrogen) atoms. The molecule has 1 unspecified atom stereocenters. The number of hydrogen-bond acceptors (Lipinski definition) is 4. The first kappa shape index (κ1) is 24.5. The number of nitrogens with zero attached hydrogens (tertiary/aromatic N) is 2. The zero-order valence-electron chi connectivity index (χ0n) is 19.5. The molecule has 1 aliphatic heterocycles. The maximum absolute atomic E-state index is 12.4. The summed E-state index contributed by atoms with van der Waals surface area (Å²) in [6, 6.07) is 17.4. The van der Waals surface area contributed by atoms with Crippen molar-refractivity contribution < 1.29 is 14.4 Å². The highest BCUT2D eigenvalue weighted by Crippen LogP contribution is 2.21. The van der Waals surface area contributed by atoms with Crippen LogP contribution in [0.25, 0.3) is 0 Å². The highest BCUT2D eigenvalue weighted by atomic mass is 16.2. The Morgan fingerprint density at radius 1 is 1.00 bits per heavy atom. The van der Waals surface area contributed by atoms with Crippen molar-refractivity contribution in [1.82, 2.24) is 15.5 Å². The topological polar surface area (TPSA) is 81.8 Å². The molecule has 0 spiro atoms. The van der Waals surface area contributed by atoms with Crippen LogP contribution in [0.5, 0.6) is 0 Å². The molecule has 1 heterocycles. The molecule has 0 radical (unpaired) electrons. The Hall–Kier alpha value is -3.19. The molecule has 176 valence electrons. The largest absolute Gasteiger partial charge is 0.353 e. The van der Waals surface area contributed by atoms with E-state index < -0.39 is 0 Å². The Kier molecular flexibility index (Phi) is 9.01. The van der Waals surface area contributed by atoms with Crippen LogP contribution >= 0.6 is 0 Å². The third-order valence-electron chi connectivity index (χ3n) is 6.10. The zero-order chi connectivity index (χ0) is 23.6. The smallest absolute Gasteiger partial charge is 0.251 e. The van der Waals surface area contributed by atoms with Crippen LogP contribution in [0.2, 0.25) is 0 Å². The predicted molar refractivity (Wildman–Crippen MR) is 130 cm³/mol. The fraction of sp³-hybridized carbons (Fsp3) is 0.423. The van der Waals surface area contributed by atoms with E-state index in [0.717, 1.165) is 31.6 Å². The van der Waals surface area contributed by atoms with Crippen LogP contribution in [0.3, 0.4) is 0 Å². The second kappa shape index (κ2) is 12.2. The van der Waals surface area contributed by atoms with Gasteiger partial charge in [0.2, 0.25) is 11.8 Å². The van der Waals surface area contributed by atoms with Crippen LogP contribution in [0.1, 0.15) is 42.6 Å². The first-order chi connectivity index (χ1) is 16.0. The molecule has 1 saturated heterocycles. The Bertz CT molecular complexity index is 926. The molecule has 3 amide bonds. The molecule has 1 atom stereocenters. The lowest BCUT2D eigenvalue weighted by molar-refractivity contribution is -0.120. The van der Waals surface area contributed by atoms with Gasteiger partial charge < -0.3 is 15.5 Å². The minimum atomic E-state index is -0.311. The molecule has 0 aliphatic carbocycles. The number of carbonyl (C=O) groups excluding carboxylic acids is 3. The summed E-state index contributed by atoms with van der Waals surface area (Å²) in [6.07, 6.45) is 2.27. The summed E-state index contributed by atoms with van der Waals surface area (Å²) in [5.41, 5.74) is 2.49. The molecule has 7 heteroatoms. The molecule has 0 bridgehead atoms. The van der Waals surface area contributed by atoms with Gasteiger partial charge in [-0.2, -0.15) is 0 Å². The number of nitrogens with one attached hydrogen (secondary N) is 2. The number of amides is 3. The van der Waals surface area contributed by atoms with E-state index in [1.807, 2.05) is 18.2 Å². The molecule has 1 fully saturated rings. The summed E-state index contributed by atoms with van der Waals surface area (Å²) in [6.45, 7) is 7.19. The summed E-state index contributed by atoms with van der Waals surface area (Å²) in [4.78, 5) is 40.8. The second-order valence-corrected chi connectivity index (χ2v) is 8.25. The third-order valence-corrected chi connectivity index (χ3v) is 6.10. The number of carbonyl (C=O) groups is 3. The van der Waals surface area contributed by atoms with Crippen LogP contribution in [-0.4, -0.2) is 61.4 Å². The molecule has 1 aliphatic rings. The minimum Gasteiger partial charge on any atom is -0.353 e. The van der Waals surface area contributed by atoms with Crippen LogP contribution in [0.15, 0.2) is 54.6 Å². The lowest BCUT2D eigenvalue weighted by Crippen LogP contribution is -2.47. The highest BCUT2D eigenvalue weighted by molar-refractivity contribution is 5.98. The Balaban J connectivity index is 1.48. The van der Waals surface area contributed by atoms with Crippen LogP contribution in [-0.2, 0) is 16.0 Å². The van der Waals surface area contributed by atoms with E-state index in [4.69, 9.17) is 0 Å². The monoisotopic (exact) mass is 450 g/mol. The lowest BCUT2D eigenvalue weighted by atomic mass is 10.0. The van der Waals surface area contributed by atoms with Crippen molar-refractivity contribution in [2.24, 2.45) is 0 Å². The van der Waals surface area contributed by atoms with Gasteiger partial charge in [0.1, 0.15) is 0 Å². The van der Waals surface area contributed by atoms with E-state index in [-0.39, 0.29) is 30.3 Å². The number of likely N-dealkylation sites (N-methyl/N-ethyl adjacent to an activating group) is 1. The summed E-state index contributed by atoms with van der Waals surface area (Å²) < 4.78 is 0. The fourth-order valence-corrected chi connectivity index (χ4v) is 4.23. The Morgan fingerprint density at radius 3 is 2.30 bits per heavy atom. The number of hydrogen-bond donors (Lipinski definition) is 2. The summed E-state index contributed by atoms with van der Waals surface area (Å²) in [5.74, 6) is -0.416. The van der Waals surface area contributed by atoms with Gasteiger partial charge in [-0.1, -0.05) is 44.2 Å². The second-order valence-electron chi connectivity index (χ2n) is 8.25. The number of benzene rings is 2. The molecular weight excluding hydrogens is 416 g/mol. The molecule has 7 nitrogen and oxygen atoms in total. The van der Waals surface area contributed by atoms with Gasteiger partial charge in [0.05, 0.1) is 6.54 Å². The number of anilines is 1. The summed E-state index contributed by atoms with van der Waals surface area (Å²) in [7, 11) is 0. The third kappa shape index (κ3) is 6.89. The van der Waals surface area contributed by atoms with Crippen molar-refractivity contribution in [3.8, 4) is 0 Å². The lowest BCUT2D eigenvalue weighted by Gasteiger charge is -2.30. The van der Waals surface area contributed by atoms with Gasteiger partial charge in [0.15, 0.2) is 0 Å². The van der Waals surface area contributed by atoms with Crippen molar-refractivity contribution in [1.29, 1.82) is 0 Å². The molecule has 3 rings (SSSR count). The van der Waals surface area contributed by atoms with Crippen LogP contribution < -0.4 is 15.5 Å². The van der Waals surface area contributed by atoms with Crippen molar-refractivity contribution in [2.75, 3.05) is 37.6 Å². The SMILES string of the molecule is CCN(CC)C(CNC(=O)CNC(=O)c1ccc(N2CCCC2=O)cc1)Cc1ccccc1. The van der Waals surface area contributed by atoms with Crippen molar-refractivity contribution in [3.05, 3.63) is 65.7 Å². The maximum Gasteiger partial charge on any atom is 0.251 e. The average Bonchev–Trinajstić information content (AvgIpc) is 3.28. The minimum absolute atomic E-state index is 0.0818. The quantitative estimate of drug-likeness (QED) is 0.551. The fourth-order valence-electron chi connectivity index (χ4n) is 4.23. The molecule has 2 aromatic carbocycles. The van der Waals surface area contributed by atoms with E-state index in [1.54, 1.807) is 29.2 Å². The zero-order valence-corrected chi connectivity index (χ0v) is 19.5. The van der Waals surface area contributed by atoms with Gasteiger partial charge >= 0.3 is 0 Å². The Morgan fingerprint density at radius 2 is 1.70 bits per heavy atom. The van der Waals surface area contributed by atoms with Crippen molar-refractivity contribution in [2.45, 2.75) is 39.2 Å². The molecule has 2 aromatic rings. The molecule has 2 N–H and O–H groups in total.